The Morgan fingerprint density at radius 2 is 1.79 bits per heavy atom. The summed E-state index contributed by atoms with van der Waals surface area (Å²) in [5, 5.41) is 6.47. The summed E-state index contributed by atoms with van der Waals surface area (Å²) < 4.78 is 3.01. The number of piperidine rings is 1. The number of halogens is 1. The maximum absolute atomic E-state index is 13.2. The zero-order valence-corrected chi connectivity index (χ0v) is 30.9. The molecule has 1 aliphatic carbocycles. The van der Waals surface area contributed by atoms with Crippen molar-refractivity contribution >= 4 is 68.0 Å². The third-order valence-corrected chi connectivity index (χ3v) is 11.7. The average Bonchev–Trinajstić information content (AvgIpc) is 3.88. The Bertz CT molecular complexity index is 2070. The first-order chi connectivity index (χ1) is 25.1. The van der Waals surface area contributed by atoms with Gasteiger partial charge in [-0.05, 0) is 54.7 Å². The monoisotopic (exact) mass is 768 g/mol. The van der Waals surface area contributed by atoms with Crippen LogP contribution in [0.3, 0.4) is 0 Å². The van der Waals surface area contributed by atoms with E-state index in [1.165, 1.54) is 0 Å². The molecule has 2 N–H and O–H groups in total. The molecule has 8 rings (SSSR count). The number of benzene rings is 1. The molecule has 4 aliphatic rings. The zero-order chi connectivity index (χ0) is 36.1. The number of carbonyl (C=O) groups is 4. The van der Waals surface area contributed by atoms with Gasteiger partial charge < -0.3 is 24.6 Å². The van der Waals surface area contributed by atoms with Gasteiger partial charge in [0.1, 0.15) is 23.2 Å². The first kappa shape index (κ1) is 34.2. The first-order valence-corrected chi connectivity index (χ1v) is 18.7. The molecule has 6 heterocycles. The SMILES string of the molecule is CN(C)C(=O)c1cc2cnc(Nc3ccc(N4CCN(Cc5ccc6c(c5Br)CN(C5CCC(=O)NC5=O)C6=O)CC4)cn3)nc2n1C1CCCC1. The van der Waals surface area contributed by atoms with Crippen LogP contribution in [0.2, 0.25) is 0 Å². The third kappa shape index (κ3) is 6.40. The molecule has 0 radical (unpaired) electrons. The van der Waals surface area contributed by atoms with Gasteiger partial charge in [-0.3, -0.25) is 29.4 Å². The van der Waals surface area contributed by atoms with Crippen molar-refractivity contribution in [2.45, 2.75) is 63.7 Å². The van der Waals surface area contributed by atoms with Gasteiger partial charge in [0, 0.05) is 87.4 Å². The molecular weight excluding hydrogens is 728 g/mol. The summed E-state index contributed by atoms with van der Waals surface area (Å²) in [6, 6.07) is 9.36. The van der Waals surface area contributed by atoms with Crippen LogP contribution in [0.15, 0.2) is 47.2 Å². The third-order valence-electron chi connectivity index (χ3n) is 10.7. The van der Waals surface area contributed by atoms with Crippen molar-refractivity contribution in [2.75, 3.05) is 50.5 Å². The number of rotatable bonds is 8. The fourth-order valence-electron chi connectivity index (χ4n) is 7.94. The standard InChI is InChI=1S/C37H41BrN10O4/c1-44(2)36(52)29-17-23-18-40-37(43-33(23)48(29)24-5-3-4-6-24)41-30-11-8-25(19-39-30)46-15-13-45(14-16-46)20-22-7-9-26-27(32(22)38)21-47(35(26)51)28-10-12-31(49)42-34(28)50/h7-9,11,17-19,24,28H,3-6,10,12-16,20-21H2,1-2H3,(H,42,49,50)(H,39,40,41,43). The highest BCUT2D eigenvalue weighted by Crippen LogP contribution is 2.36. The average molecular weight is 770 g/mol. The Kier molecular flexibility index (Phi) is 9.16. The summed E-state index contributed by atoms with van der Waals surface area (Å²) in [6.45, 7) is 4.47. The van der Waals surface area contributed by atoms with Gasteiger partial charge >= 0.3 is 0 Å². The Hall–Kier alpha value is -4.89. The predicted octanol–water partition coefficient (Wildman–Crippen LogP) is 4.23. The Balaban J connectivity index is 0.893. The second-order valence-corrected chi connectivity index (χ2v) is 15.1. The van der Waals surface area contributed by atoms with Gasteiger partial charge in [0.2, 0.25) is 17.8 Å². The molecule has 14 nitrogen and oxygen atoms in total. The number of carbonyl (C=O) groups excluding carboxylic acids is 4. The molecule has 52 heavy (non-hydrogen) atoms. The number of nitrogens with zero attached hydrogens (tertiary/aromatic N) is 8. The van der Waals surface area contributed by atoms with Gasteiger partial charge in [0.05, 0.1) is 11.9 Å². The lowest BCUT2D eigenvalue weighted by Gasteiger charge is -2.36. The maximum Gasteiger partial charge on any atom is 0.270 e. The lowest BCUT2D eigenvalue weighted by Crippen LogP contribution is -2.52. The number of aromatic nitrogens is 4. The highest BCUT2D eigenvalue weighted by atomic mass is 79.9. The van der Waals surface area contributed by atoms with Crippen molar-refractivity contribution in [1.82, 2.24) is 39.5 Å². The quantitative estimate of drug-likeness (QED) is 0.250. The number of hydrogen-bond donors (Lipinski definition) is 2. The van der Waals surface area contributed by atoms with Crippen molar-refractivity contribution in [3.8, 4) is 0 Å². The molecule has 0 bridgehead atoms. The second-order valence-electron chi connectivity index (χ2n) is 14.3. The highest BCUT2D eigenvalue weighted by Gasteiger charge is 2.40. The molecule has 2 saturated heterocycles. The van der Waals surface area contributed by atoms with Crippen molar-refractivity contribution in [3.63, 3.8) is 0 Å². The molecule has 3 aliphatic heterocycles. The van der Waals surface area contributed by atoms with Crippen LogP contribution in [0.5, 0.6) is 0 Å². The van der Waals surface area contributed by atoms with E-state index in [9.17, 15) is 19.2 Å². The molecule has 1 saturated carbocycles. The smallest absolute Gasteiger partial charge is 0.270 e. The second kappa shape index (κ2) is 13.9. The van der Waals surface area contributed by atoms with E-state index < -0.39 is 11.9 Å². The molecule has 270 valence electrons. The lowest BCUT2D eigenvalue weighted by atomic mass is 10.0. The van der Waals surface area contributed by atoms with Crippen LogP contribution in [-0.2, 0) is 22.7 Å². The number of hydrogen-bond acceptors (Lipinski definition) is 10. The Morgan fingerprint density at radius 3 is 2.50 bits per heavy atom. The number of fused-ring (bicyclic) bond motifs is 2. The Morgan fingerprint density at radius 1 is 1.00 bits per heavy atom. The van der Waals surface area contributed by atoms with Crippen molar-refractivity contribution in [2.24, 2.45) is 0 Å². The number of piperazine rings is 1. The van der Waals surface area contributed by atoms with Gasteiger partial charge in [-0.25, -0.2) is 9.97 Å². The minimum absolute atomic E-state index is 0.0358. The summed E-state index contributed by atoms with van der Waals surface area (Å²) >= 11 is 3.77. The van der Waals surface area contributed by atoms with Crippen molar-refractivity contribution in [1.29, 1.82) is 0 Å². The number of imide groups is 1. The van der Waals surface area contributed by atoms with Gasteiger partial charge in [-0.1, -0.05) is 34.8 Å². The number of anilines is 3. The number of pyridine rings is 1. The topological polar surface area (TPSA) is 149 Å². The van der Waals surface area contributed by atoms with Crippen LogP contribution in [0.25, 0.3) is 11.0 Å². The van der Waals surface area contributed by atoms with E-state index in [0.717, 1.165) is 90.7 Å². The minimum atomic E-state index is -0.632. The summed E-state index contributed by atoms with van der Waals surface area (Å²) in [6.07, 6.45) is 8.57. The summed E-state index contributed by atoms with van der Waals surface area (Å²) in [7, 11) is 3.54. The van der Waals surface area contributed by atoms with Crippen LogP contribution in [-0.4, -0.2) is 104 Å². The number of nitrogens with one attached hydrogen (secondary N) is 2. The molecule has 4 amide bonds. The molecular formula is C37H41BrN10O4. The van der Waals surface area contributed by atoms with Crippen LogP contribution in [0.4, 0.5) is 17.5 Å². The van der Waals surface area contributed by atoms with Gasteiger partial charge in [-0.15, -0.1) is 0 Å². The van der Waals surface area contributed by atoms with Gasteiger partial charge in [-0.2, -0.15) is 4.98 Å². The van der Waals surface area contributed by atoms with Gasteiger partial charge in [0.25, 0.3) is 11.8 Å². The van der Waals surface area contributed by atoms with E-state index in [1.807, 2.05) is 30.5 Å². The molecule has 1 atom stereocenters. The zero-order valence-electron chi connectivity index (χ0n) is 29.3. The molecule has 3 aromatic heterocycles. The molecule has 1 unspecified atom stereocenters. The van der Waals surface area contributed by atoms with E-state index in [-0.39, 0.29) is 30.2 Å². The lowest BCUT2D eigenvalue weighted by molar-refractivity contribution is -0.136. The molecule has 0 spiro atoms. The Labute approximate surface area is 309 Å². The van der Waals surface area contributed by atoms with Gasteiger partial charge in [0.15, 0.2) is 0 Å². The molecule has 1 aromatic carbocycles. The van der Waals surface area contributed by atoms with Crippen molar-refractivity contribution < 1.29 is 19.2 Å². The van der Waals surface area contributed by atoms with Crippen LogP contribution in [0.1, 0.15) is 76.5 Å². The predicted molar refractivity (Wildman–Crippen MR) is 198 cm³/mol. The fourth-order valence-corrected chi connectivity index (χ4v) is 8.53. The highest BCUT2D eigenvalue weighted by molar-refractivity contribution is 9.10. The largest absolute Gasteiger partial charge is 0.368 e. The molecule has 3 fully saturated rings. The summed E-state index contributed by atoms with van der Waals surface area (Å²) in [5.41, 5.74) is 5.04. The van der Waals surface area contributed by atoms with E-state index in [0.29, 0.717) is 36.0 Å². The maximum atomic E-state index is 13.2. The van der Waals surface area contributed by atoms with Crippen molar-refractivity contribution in [3.05, 3.63) is 69.6 Å². The van der Waals surface area contributed by atoms with E-state index >= 15 is 0 Å². The van der Waals surface area contributed by atoms with Crippen LogP contribution >= 0.6 is 15.9 Å². The van der Waals surface area contributed by atoms with E-state index in [2.05, 4.69) is 57.0 Å². The summed E-state index contributed by atoms with van der Waals surface area (Å²) in [4.78, 5) is 72.3. The van der Waals surface area contributed by atoms with E-state index in [4.69, 9.17) is 4.98 Å². The first-order valence-electron chi connectivity index (χ1n) is 17.9. The number of amides is 4. The summed E-state index contributed by atoms with van der Waals surface area (Å²) in [5.74, 6) is 0.175. The fraction of sp³-hybridized carbons (Fsp3) is 0.432. The van der Waals surface area contributed by atoms with E-state index in [1.54, 1.807) is 30.1 Å². The molecule has 4 aromatic rings. The van der Waals surface area contributed by atoms with Crippen LogP contribution in [0, 0.1) is 0 Å². The normalized spacial score (nSPS) is 19.8. The molecule has 15 heteroatoms. The van der Waals surface area contributed by atoms with Crippen LogP contribution < -0.4 is 15.5 Å². The minimum Gasteiger partial charge on any atom is -0.368 e.